The number of rotatable bonds is 4. The summed E-state index contributed by atoms with van der Waals surface area (Å²) in [6, 6.07) is 10.6. The summed E-state index contributed by atoms with van der Waals surface area (Å²) < 4.78 is 5.35. The molecule has 1 aromatic carbocycles. The number of nitrogens with one attached hydrogen (secondary N) is 1. The minimum absolute atomic E-state index is 0.0812. The number of anilines is 1. The van der Waals surface area contributed by atoms with Crippen molar-refractivity contribution in [3.05, 3.63) is 30.3 Å². The molecule has 2 saturated heterocycles. The van der Waals surface area contributed by atoms with Crippen molar-refractivity contribution in [3.63, 3.8) is 0 Å². The highest BCUT2D eigenvalue weighted by atomic mass is 16.5. The van der Waals surface area contributed by atoms with Crippen molar-refractivity contribution in [1.29, 1.82) is 0 Å². The number of nitrogens with zero attached hydrogens (tertiary/aromatic N) is 2. The molecule has 2 aliphatic heterocycles. The molecule has 1 atom stereocenters. The summed E-state index contributed by atoms with van der Waals surface area (Å²) >= 11 is 0. The average Bonchev–Trinajstić information content (AvgIpc) is 3.09. The summed E-state index contributed by atoms with van der Waals surface area (Å²) in [6.07, 6.45) is 3.33. The molecular formula is C18H27N3O2. The van der Waals surface area contributed by atoms with Gasteiger partial charge in [-0.05, 0) is 37.3 Å². The monoisotopic (exact) mass is 317 g/mol. The summed E-state index contributed by atoms with van der Waals surface area (Å²) in [5.74, 6) is 0.538. The van der Waals surface area contributed by atoms with Gasteiger partial charge in [-0.2, -0.15) is 0 Å². The number of hydrogen-bond donors (Lipinski definition) is 1. The number of carbonyl (C=O) groups is 1. The SMILES string of the molecule is COC1CCN(C(=O)NC[C@H]2CCN(c3ccccc3)C2)CC1. The van der Waals surface area contributed by atoms with E-state index >= 15 is 0 Å². The Morgan fingerprint density at radius 2 is 1.91 bits per heavy atom. The molecule has 2 fully saturated rings. The highest BCUT2D eigenvalue weighted by molar-refractivity contribution is 5.74. The smallest absolute Gasteiger partial charge is 0.317 e. The Morgan fingerprint density at radius 3 is 2.61 bits per heavy atom. The molecule has 0 saturated carbocycles. The van der Waals surface area contributed by atoms with Gasteiger partial charge in [0.1, 0.15) is 0 Å². The van der Waals surface area contributed by atoms with Crippen LogP contribution >= 0.6 is 0 Å². The molecule has 5 nitrogen and oxygen atoms in total. The predicted octanol–water partition coefficient (Wildman–Crippen LogP) is 2.33. The minimum atomic E-state index is 0.0812. The van der Waals surface area contributed by atoms with Crippen molar-refractivity contribution in [1.82, 2.24) is 10.2 Å². The molecule has 0 unspecified atom stereocenters. The Bertz CT molecular complexity index is 500. The Kier molecular flexibility index (Phi) is 5.39. The number of urea groups is 1. The number of amides is 2. The van der Waals surface area contributed by atoms with Crippen LogP contribution in [0.15, 0.2) is 30.3 Å². The lowest BCUT2D eigenvalue weighted by atomic mass is 10.1. The number of likely N-dealkylation sites (tertiary alicyclic amines) is 1. The minimum Gasteiger partial charge on any atom is -0.381 e. The zero-order valence-corrected chi connectivity index (χ0v) is 13.9. The van der Waals surface area contributed by atoms with E-state index in [1.807, 2.05) is 11.0 Å². The van der Waals surface area contributed by atoms with E-state index in [1.165, 1.54) is 5.69 Å². The first-order valence-electron chi connectivity index (χ1n) is 8.62. The number of benzene rings is 1. The van der Waals surface area contributed by atoms with Gasteiger partial charge in [-0.15, -0.1) is 0 Å². The third kappa shape index (κ3) is 4.16. The Labute approximate surface area is 138 Å². The van der Waals surface area contributed by atoms with Crippen molar-refractivity contribution in [2.45, 2.75) is 25.4 Å². The van der Waals surface area contributed by atoms with Crippen LogP contribution in [0.2, 0.25) is 0 Å². The molecule has 0 aliphatic carbocycles. The lowest BCUT2D eigenvalue weighted by Gasteiger charge is -2.31. The van der Waals surface area contributed by atoms with E-state index in [-0.39, 0.29) is 6.03 Å². The second-order valence-electron chi connectivity index (χ2n) is 6.54. The molecule has 2 aliphatic rings. The molecule has 2 amide bonds. The Balaban J connectivity index is 1.40. The fourth-order valence-electron chi connectivity index (χ4n) is 3.51. The van der Waals surface area contributed by atoms with Crippen LogP contribution in [-0.4, -0.2) is 56.9 Å². The molecule has 0 aromatic heterocycles. The second-order valence-corrected chi connectivity index (χ2v) is 6.54. The van der Waals surface area contributed by atoms with Crippen LogP contribution in [-0.2, 0) is 4.74 Å². The van der Waals surface area contributed by atoms with Crippen LogP contribution in [0, 0.1) is 5.92 Å². The van der Waals surface area contributed by atoms with Gasteiger partial charge in [0.15, 0.2) is 0 Å². The molecule has 0 radical (unpaired) electrons. The summed E-state index contributed by atoms with van der Waals surface area (Å²) in [5, 5.41) is 3.12. The molecule has 1 N–H and O–H groups in total. The Morgan fingerprint density at radius 1 is 1.17 bits per heavy atom. The van der Waals surface area contributed by atoms with Crippen LogP contribution in [0.1, 0.15) is 19.3 Å². The highest BCUT2D eigenvalue weighted by Crippen LogP contribution is 2.23. The number of carbonyl (C=O) groups excluding carboxylic acids is 1. The number of methoxy groups -OCH3 is 1. The van der Waals surface area contributed by atoms with Gasteiger partial charge in [-0.1, -0.05) is 18.2 Å². The van der Waals surface area contributed by atoms with Crippen molar-refractivity contribution >= 4 is 11.7 Å². The number of hydrogen-bond acceptors (Lipinski definition) is 3. The average molecular weight is 317 g/mol. The quantitative estimate of drug-likeness (QED) is 0.927. The van der Waals surface area contributed by atoms with Gasteiger partial charge in [0.05, 0.1) is 6.10 Å². The molecule has 0 spiro atoms. The number of ether oxygens (including phenoxy) is 1. The van der Waals surface area contributed by atoms with E-state index in [0.717, 1.165) is 52.0 Å². The molecular weight excluding hydrogens is 290 g/mol. The van der Waals surface area contributed by atoms with Gasteiger partial charge < -0.3 is 19.9 Å². The maximum absolute atomic E-state index is 12.3. The third-order valence-corrected chi connectivity index (χ3v) is 5.01. The number of piperidine rings is 1. The molecule has 1 aromatic rings. The third-order valence-electron chi connectivity index (χ3n) is 5.01. The fraction of sp³-hybridized carbons (Fsp3) is 0.611. The molecule has 3 rings (SSSR count). The van der Waals surface area contributed by atoms with Gasteiger partial charge in [0, 0.05) is 45.5 Å². The maximum atomic E-state index is 12.3. The topological polar surface area (TPSA) is 44.8 Å². The van der Waals surface area contributed by atoms with E-state index < -0.39 is 0 Å². The predicted molar refractivity (Wildman–Crippen MR) is 91.8 cm³/mol. The molecule has 5 heteroatoms. The van der Waals surface area contributed by atoms with Crippen molar-refractivity contribution < 1.29 is 9.53 Å². The summed E-state index contributed by atoms with van der Waals surface area (Å²) in [5.41, 5.74) is 1.28. The number of para-hydroxylation sites is 1. The van der Waals surface area contributed by atoms with Crippen LogP contribution in [0.25, 0.3) is 0 Å². The highest BCUT2D eigenvalue weighted by Gasteiger charge is 2.25. The molecule has 2 heterocycles. The van der Waals surface area contributed by atoms with Gasteiger partial charge in [0.25, 0.3) is 0 Å². The maximum Gasteiger partial charge on any atom is 0.317 e. The normalized spacial score (nSPS) is 22.4. The van der Waals surface area contributed by atoms with Gasteiger partial charge in [-0.25, -0.2) is 4.79 Å². The van der Waals surface area contributed by atoms with E-state index in [4.69, 9.17) is 4.74 Å². The first kappa shape index (κ1) is 16.1. The largest absolute Gasteiger partial charge is 0.381 e. The molecule has 23 heavy (non-hydrogen) atoms. The van der Waals surface area contributed by atoms with E-state index in [2.05, 4.69) is 34.5 Å². The Hall–Kier alpha value is -1.75. The van der Waals surface area contributed by atoms with Crippen molar-refractivity contribution in [3.8, 4) is 0 Å². The van der Waals surface area contributed by atoms with Crippen molar-refractivity contribution in [2.24, 2.45) is 5.92 Å². The van der Waals surface area contributed by atoms with E-state index in [1.54, 1.807) is 7.11 Å². The second kappa shape index (κ2) is 7.68. The van der Waals surface area contributed by atoms with Gasteiger partial charge >= 0.3 is 6.03 Å². The van der Waals surface area contributed by atoms with Gasteiger partial charge in [0.2, 0.25) is 0 Å². The van der Waals surface area contributed by atoms with Crippen LogP contribution in [0.3, 0.4) is 0 Å². The zero-order chi connectivity index (χ0) is 16.1. The standard InChI is InChI=1S/C18H27N3O2/c1-23-17-8-11-20(12-9-17)18(22)19-13-15-7-10-21(14-15)16-5-3-2-4-6-16/h2-6,15,17H,7-14H2,1H3,(H,19,22)/t15-/m1/s1. The first-order chi connectivity index (χ1) is 11.3. The lowest BCUT2D eigenvalue weighted by Crippen LogP contribution is -2.47. The molecule has 126 valence electrons. The van der Waals surface area contributed by atoms with Crippen LogP contribution < -0.4 is 10.2 Å². The summed E-state index contributed by atoms with van der Waals surface area (Å²) in [7, 11) is 1.75. The van der Waals surface area contributed by atoms with E-state index in [9.17, 15) is 4.79 Å². The summed E-state index contributed by atoms with van der Waals surface area (Å²) in [6.45, 7) is 4.46. The summed E-state index contributed by atoms with van der Waals surface area (Å²) in [4.78, 5) is 16.6. The zero-order valence-electron chi connectivity index (χ0n) is 13.9. The van der Waals surface area contributed by atoms with E-state index in [0.29, 0.717) is 12.0 Å². The van der Waals surface area contributed by atoms with Crippen LogP contribution in [0.5, 0.6) is 0 Å². The first-order valence-corrected chi connectivity index (χ1v) is 8.62. The van der Waals surface area contributed by atoms with Gasteiger partial charge in [-0.3, -0.25) is 0 Å². The fourth-order valence-corrected chi connectivity index (χ4v) is 3.51. The van der Waals surface area contributed by atoms with Crippen molar-refractivity contribution in [2.75, 3.05) is 44.7 Å². The van der Waals surface area contributed by atoms with Crippen LogP contribution in [0.4, 0.5) is 10.5 Å². The molecule has 0 bridgehead atoms. The lowest BCUT2D eigenvalue weighted by molar-refractivity contribution is 0.0502.